The molecule has 1 fully saturated rings. The van der Waals surface area contributed by atoms with Gasteiger partial charge in [-0.25, -0.2) is 13.4 Å². The van der Waals surface area contributed by atoms with Crippen molar-refractivity contribution in [1.82, 2.24) is 19.9 Å². The lowest BCUT2D eigenvalue weighted by Gasteiger charge is -2.32. The molecule has 0 bridgehead atoms. The summed E-state index contributed by atoms with van der Waals surface area (Å²) in [5.41, 5.74) is -4.37. The smallest absolute Gasteiger partial charge is 0.475 e. The minimum absolute atomic E-state index is 0.0343. The maximum atomic E-state index is 12.6. The van der Waals surface area contributed by atoms with Crippen molar-refractivity contribution < 1.29 is 26.3 Å². The average molecular weight is 437 g/mol. The number of piperidine rings is 1. The van der Waals surface area contributed by atoms with E-state index in [1.807, 2.05) is 19.9 Å². The Morgan fingerprint density at radius 3 is 2.48 bits per heavy atom. The molecule has 2 heterocycles. The van der Waals surface area contributed by atoms with E-state index in [2.05, 4.69) is 20.6 Å². The van der Waals surface area contributed by atoms with Crippen molar-refractivity contribution in [2.24, 2.45) is 4.99 Å². The Bertz CT molecular complexity index is 790. The molecular formula is C17H26F3N5O3S. The zero-order valence-electron chi connectivity index (χ0n) is 16.5. The zero-order valence-corrected chi connectivity index (χ0v) is 17.3. The molecule has 2 N–H and O–H groups in total. The van der Waals surface area contributed by atoms with Crippen LogP contribution in [0.4, 0.5) is 13.2 Å². The molecule has 29 heavy (non-hydrogen) atoms. The van der Waals surface area contributed by atoms with Gasteiger partial charge in [-0.3, -0.25) is 4.99 Å². The molecule has 0 amide bonds. The Kier molecular flexibility index (Phi) is 7.69. The molecule has 0 radical (unpaired) electrons. The van der Waals surface area contributed by atoms with Gasteiger partial charge in [0.2, 0.25) is 5.88 Å². The molecule has 8 nitrogen and oxygen atoms in total. The summed E-state index contributed by atoms with van der Waals surface area (Å²) in [5.74, 6) is 1.01. The fourth-order valence-electron chi connectivity index (χ4n) is 2.79. The van der Waals surface area contributed by atoms with Gasteiger partial charge in [0, 0.05) is 45.0 Å². The number of rotatable bonds is 6. The fourth-order valence-corrected chi connectivity index (χ4v) is 3.77. The molecule has 12 heteroatoms. The second-order valence-corrected chi connectivity index (χ2v) is 8.79. The van der Waals surface area contributed by atoms with Crippen molar-refractivity contribution in [3.8, 4) is 5.88 Å². The molecule has 0 aromatic carbocycles. The maximum absolute atomic E-state index is 12.6. The zero-order chi connectivity index (χ0) is 21.7. The molecule has 1 aromatic rings. The van der Waals surface area contributed by atoms with Crippen LogP contribution in [0.3, 0.4) is 0 Å². The highest BCUT2D eigenvalue weighted by Gasteiger charge is 2.50. The lowest BCUT2D eigenvalue weighted by Crippen LogP contribution is -2.51. The SMILES string of the molecule is CN=C(NCc1ccc(OC(C)C)nc1)NC1CCN(S(=O)(=O)C(F)(F)F)CC1. The first-order chi connectivity index (χ1) is 13.5. The number of pyridine rings is 1. The molecule has 1 aromatic heterocycles. The number of nitrogens with zero attached hydrogens (tertiary/aromatic N) is 3. The maximum Gasteiger partial charge on any atom is 0.511 e. The third kappa shape index (κ3) is 6.46. The summed E-state index contributed by atoms with van der Waals surface area (Å²) in [7, 11) is -3.69. The van der Waals surface area contributed by atoms with Crippen LogP contribution >= 0.6 is 0 Å². The lowest BCUT2D eigenvalue weighted by atomic mass is 10.1. The first kappa shape index (κ1) is 23.2. The van der Waals surface area contributed by atoms with Crippen LogP contribution in [0, 0.1) is 0 Å². The van der Waals surface area contributed by atoms with Gasteiger partial charge in [0.1, 0.15) is 0 Å². The van der Waals surface area contributed by atoms with Crippen LogP contribution in [0.25, 0.3) is 0 Å². The van der Waals surface area contributed by atoms with Gasteiger partial charge in [-0.1, -0.05) is 6.07 Å². The quantitative estimate of drug-likeness (QED) is 0.521. The van der Waals surface area contributed by atoms with E-state index < -0.39 is 15.5 Å². The van der Waals surface area contributed by atoms with Crippen LogP contribution in [0.15, 0.2) is 23.3 Å². The van der Waals surface area contributed by atoms with Gasteiger partial charge < -0.3 is 15.4 Å². The predicted molar refractivity (Wildman–Crippen MR) is 103 cm³/mol. The van der Waals surface area contributed by atoms with E-state index >= 15 is 0 Å². The fraction of sp³-hybridized carbons (Fsp3) is 0.647. The number of sulfonamides is 1. The standard InChI is InChI=1S/C17H26F3N5O3S/c1-12(2)28-15-5-4-13(10-22-15)11-23-16(21-3)24-14-6-8-25(9-7-14)29(26,27)17(18,19)20/h4-5,10,12,14H,6-9,11H2,1-3H3,(H2,21,23,24). The number of alkyl halides is 3. The number of hydrogen-bond donors (Lipinski definition) is 2. The first-order valence-corrected chi connectivity index (χ1v) is 10.6. The first-order valence-electron chi connectivity index (χ1n) is 9.18. The van der Waals surface area contributed by atoms with Gasteiger partial charge in [-0.2, -0.15) is 17.5 Å². The average Bonchev–Trinajstić information content (AvgIpc) is 2.65. The Hall–Kier alpha value is -2.08. The summed E-state index contributed by atoms with van der Waals surface area (Å²) in [6, 6.07) is 3.45. The van der Waals surface area contributed by atoms with Gasteiger partial charge in [-0.15, -0.1) is 0 Å². The van der Waals surface area contributed by atoms with E-state index in [1.54, 1.807) is 19.3 Å². The number of nitrogens with one attached hydrogen (secondary N) is 2. The largest absolute Gasteiger partial charge is 0.511 e. The lowest BCUT2D eigenvalue weighted by molar-refractivity contribution is -0.0494. The molecule has 0 atom stereocenters. The van der Waals surface area contributed by atoms with Gasteiger partial charge >= 0.3 is 15.5 Å². The van der Waals surface area contributed by atoms with Crippen molar-refractivity contribution in [1.29, 1.82) is 0 Å². The molecule has 1 aliphatic heterocycles. The number of guanidine groups is 1. The Morgan fingerprint density at radius 2 is 2.00 bits per heavy atom. The van der Waals surface area contributed by atoms with Crippen LogP contribution in [0.2, 0.25) is 0 Å². The normalized spacial score (nSPS) is 17.4. The predicted octanol–water partition coefficient (Wildman–Crippen LogP) is 1.85. The third-order valence-electron chi connectivity index (χ3n) is 4.26. The number of aromatic nitrogens is 1. The molecule has 0 unspecified atom stereocenters. The van der Waals surface area contributed by atoms with Crippen LogP contribution in [0.5, 0.6) is 5.88 Å². The van der Waals surface area contributed by atoms with E-state index in [-0.39, 0.29) is 38.1 Å². The second kappa shape index (κ2) is 9.61. The molecule has 0 spiro atoms. The topological polar surface area (TPSA) is 95.9 Å². The summed E-state index contributed by atoms with van der Waals surface area (Å²) in [4.78, 5) is 8.31. The number of ether oxygens (including phenoxy) is 1. The second-order valence-electron chi connectivity index (χ2n) is 6.87. The molecule has 164 valence electrons. The van der Waals surface area contributed by atoms with E-state index in [0.29, 0.717) is 22.7 Å². The minimum Gasteiger partial charge on any atom is -0.475 e. The van der Waals surface area contributed by atoms with E-state index in [1.165, 1.54) is 0 Å². The van der Waals surface area contributed by atoms with Gasteiger partial charge in [0.25, 0.3) is 0 Å². The van der Waals surface area contributed by atoms with Crippen molar-refractivity contribution >= 4 is 16.0 Å². The van der Waals surface area contributed by atoms with Crippen molar-refractivity contribution in [3.05, 3.63) is 23.9 Å². The van der Waals surface area contributed by atoms with E-state index in [0.717, 1.165) is 5.56 Å². The van der Waals surface area contributed by atoms with E-state index in [9.17, 15) is 21.6 Å². The summed E-state index contributed by atoms with van der Waals surface area (Å²) in [6.45, 7) is 3.87. The summed E-state index contributed by atoms with van der Waals surface area (Å²) < 4.78 is 66.8. The number of halogens is 3. The van der Waals surface area contributed by atoms with Crippen LogP contribution in [0.1, 0.15) is 32.3 Å². The van der Waals surface area contributed by atoms with Gasteiger partial charge in [-0.05, 0) is 32.3 Å². The molecule has 0 aliphatic carbocycles. The highest BCUT2D eigenvalue weighted by atomic mass is 32.2. The number of hydrogen-bond acceptors (Lipinski definition) is 5. The minimum atomic E-state index is -5.27. The Morgan fingerprint density at radius 1 is 1.34 bits per heavy atom. The van der Waals surface area contributed by atoms with E-state index in [4.69, 9.17) is 4.74 Å². The molecule has 1 saturated heterocycles. The summed E-state index contributed by atoms with van der Waals surface area (Å²) >= 11 is 0. The number of aliphatic imine (C=N–C) groups is 1. The molecule has 1 aliphatic rings. The molecular weight excluding hydrogens is 411 g/mol. The van der Waals surface area contributed by atoms with Crippen LogP contribution in [-0.2, 0) is 16.6 Å². The summed E-state index contributed by atoms with van der Waals surface area (Å²) in [6.07, 6.45) is 2.21. The van der Waals surface area contributed by atoms with Gasteiger partial charge in [0.05, 0.1) is 6.10 Å². The van der Waals surface area contributed by atoms with Crippen LogP contribution < -0.4 is 15.4 Å². The summed E-state index contributed by atoms with van der Waals surface area (Å²) in [5, 5.41) is 6.22. The van der Waals surface area contributed by atoms with Crippen molar-refractivity contribution in [3.63, 3.8) is 0 Å². The van der Waals surface area contributed by atoms with Crippen LogP contribution in [-0.4, -0.2) is 61.5 Å². The molecule has 2 rings (SSSR count). The third-order valence-corrected chi connectivity index (χ3v) is 5.89. The van der Waals surface area contributed by atoms with Crippen molar-refractivity contribution in [2.75, 3.05) is 20.1 Å². The monoisotopic (exact) mass is 437 g/mol. The highest BCUT2D eigenvalue weighted by Crippen LogP contribution is 2.28. The molecule has 0 saturated carbocycles. The highest BCUT2D eigenvalue weighted by molar-refractivity contribution is 7.90. The van der Waals surface area contributed by atoms with Crippen molar-refractivity contribution in [2.45, 2.75) is 50.9 Å². The Labute approximate surface area is 168 Å². The van der Waals surface area contributed by atoms with Gasteiger partial charge in [0.15, 0.2) is 5.96 Å². The Balaban J connectivity index is 1.83.